The van der Waals surface area contributed by atoms with Crippen molar-refractivity contribution in [1.82, 2.24) is 10.6 Å². The van der Waals surface area contributed by atoms with E-state index in [1.54, 1.807) is 14.2 Å². The fourth-order valence-electron chi connectivity index (χ4n) is 1.74. The standard InChI is InChI=1S/C15H27N3OS.HI/c1-11(9-13-8-7-12(2)20-13)18-14(16-5)17-10-15(3,4)19-6;/h7-8,11H,9-10H2,1-6H3,(H2,16,17,18);1H. The lowest BCUT2D eigenvalue weighted by atomic mass is 10.1. The SMILES string of the molecule is CN=C(NCC(C)(C)OC)NC(C)Cc1ccc(C)s1.I. The van der Waals surface area contributed by atoms with Crippen molar-refractivity contribution in [2.75, 3.05) is 20.7 Å². The van der Waals surface area contributed by atoms with Gasteiger partial charge in [0.05, 0.1) is 5.60 Å². The third-order valence-corrected chi connectivity index (χ3v) is 4.17. The number of hydrogen-bond donors (Lipinski definition) is 2. The lowest BCUT2D eigenvalue weighted by Gasteiger charge is -2.25. The van der Waals surface area contributed by atoms with Gasteiger partial charge < -0.3 is 15.4 Å². The van der Waals surface area contributed by atoms with E-state index < -0.39 is 0 Å². The molecule has 0 aliphatic heterocycles. The maximum absolute atomic E-state index is 5.39. The summed E-state index contributed by atoms with van der Waals surface area (Å²) in [6.07, 6.45) is 1.01. The molecule has 0 saturated heterocycles. The van der Waals surface area contributed by atoms with Gasteiger partial charge in [-0.1, -0.05) is 0 Å². The predicted molar refractivity (Wildman–Crippen MR) is 103 cm³/mol. The molecule has 1 aromatic heterocycles. The highest BCUT2D eigenvalue weighted by Crippen LogP contribution is 2.16. The molecule has 4 nitrogen and oxygen atoms in total. The minimum Gasteiger partial charge on any atom is -0.377 e. The summed E-state index contributed by atoms with van der Waals surface area (Å²) in [6, 6.07) is 4.70. The minimum absolute atomic E-state index is 0. The fourth-order valence-corrected chi connectivity index (χ4v) is 2.76. The van der Waals surface area contributed by atoms with Crippen molar-refractivity contribution in [1.29, 1.82) is 0 Å². The second-order valence-corrected chi connectivity index (χ2v) is 7.02. The maximum Gasteiger partial charge on any atom is 0.191 e. The molecule has 0 radical (unpaired) electrons. The number of methoxy groups -OCH3 is 1. The van der Waals surface area contributed by atoms with E-state index in [2.05, 4.69) is 41.6 Å². The number of rotatable bonds is 6. The molecule has 0 saturated carbocycles. The second-order valence-electron chi connectivity index (χ2n) is 5.65. The van der Waals surface area contributed by atoms with Crippen LogP contribution in [0.4, 0.5) is 0 Å². The Balaban J connectivity index is 0.00000400. The number of nitrogens with zero attached hydrogens (tertiary/aromatic N) is 1. The average Bonchev–Trinajstić information content (AvgIpc) is 2.79. The Labute approximate surface area is 149 Å². The quantitative estimate of drug-likeness (QED) is 0.418. The van der Waals surface area contributed by atoms with Crippen LogP contribution in [0.3, 0.4) is 0 Å². The first-order chi connectivity index (χ1) is 9.36. The van der Waals surface area contributed by atoms with Crippen molar-refractivity contribution in [3.05, 3.63) is 21.9 Å². The molecule has 1 unspecified atom stereocenters. The van der Waals surface area contributed by atoms with Gasteiger partial charge in [-0.2, -0.15) is 0 Å². The summed E-state index contributed by atoms with van der Waals surface area (Å²) in [5, 5.41) is 6.71. The van der Waals surface area contributed by atoms with E-state index in [0.29, 0.717) is 12.6 Å². The van der Waals surface area contributed by atoms with Crippen LogP contribution in [0.15, 0.2) is 17.1 Å². The van der Waals surface area contributed by atoms with Gasteiger partial charge in [-0.3, -0.25) is 4.99 Å². The summed E-state index contributed by atoms with van der Waals surface area (Å²) in [5.41, 5.74) is -0.203. The highest BCUT2D eigenvalue weighted by Gasteiger charge is 2.17. The van der Waals surface area contributed by atoms with Crippen LogP contribution in [0.1, 0.15) is 30.5 Å². The van der Waals surface area contributed by atoms with Gasteiger partial charge in [0.1, 0.15) is 0 Å². The van der Waals surface area contributed by atoms with Crippen molar-refractivity contribution in [2.24, 2.45) is 4.99 Å². The zero-order valence-electron chi connectivity index (χ0n) is 13.8. The van der Waals surface area contributed by atoms with Gasteiger partial charge in [0, 0.05) is 42.9 Å². The van der Waals surface area contributed by atoms with E-state index in [1.165, 1.54) is 9.75 Å². The lowest BCUT2D eigenvalue weighted by Crippen LogP contribution is -2.48. The van der Waals surface area contributed by atoms with Crippen molar-refractivity contribution < 1.29 is 4.74 Å². The monoisotopic (exact) mass is 425 g/mol. The van der Waals surface area contributed by atoms with Gasteiger partial charge >= 0.3 is 0 Å². The van der Waals surface area contributed by atoms with Gasteiger partial charge in [-0.25, -0.2) is 0 Å². The number of hydrogen-bond acceptors (Lipinski definition) is 3. The van der Waals surface area contributed by atoms with Crippen molar-refractivity contribution in [3.8, 4) is 0 Å². The van der Waals surface area contributed by atoms with E-state index in [0.717, 1.165) is 12.4 Å². The normalized spacial score (nSPS) is 13.5. The van der Waals surface area contributed by atoms with E-state index in [4.69, 9.17) is 4.74 Å². The number of nitrogens with one attached hydrogen (secondary N) is 2. The van der Waals surface area contributed by atoms with Crippen LogP contribution < -0.4 is 10.6 Å². The molecule has 0 aliphatic rings. The summed E-state index contributed by atoms with van der Waals surface area (Å²) in [5.74, 6) is 0.816. The molecule has 21 heavy (non-hydrogen) atoms. The van der Waals surface area contributed by atoms with E-state index in [9.17, 15) is 0 Å². The van der Waals surface area contributed by atoms with Gasteiger partial charge in [-0.15, -0.1) is 35.3 Å². The Morgan fingerprint density at radius 3 is 2.57 bits per heavy atom. The van der Waals surface area contributed by atoms with Crippen LogP contribution in [-0.4, -0.2) is 38.3 Å². The number of guanidine groups is 1. The van der Waals surface area contributed by atoms with Crippen molar-refractivity contribution >= 4 is 41.3 Å². The minimum atomic E-state index is -0.203. The molecule has 1 aromatic rings. The van der Waals surface area contributed by atoms with E-state index in [1.807, 2.05) is 25.2 Å². The van der Waals surface area contributed by atoms with E-state index >= 15 is 0 Å². The molecule has 122 valence electrons. The Morgan fingerprint density at radius 2 is 2.10 bits per heavy atom. The molecule has 1 atom stereocenters. The zero-order chi connectivity index (χ0) is 15.2. The summed E-state index contributed by atoms with van der Waals surface area (Å²) < 4.78 is 5.39. The summed E-state index contributed by atoms with van der Waals surface area (Å²) in [6.45, 7) is 9.12. The smallest absolute Gasteiger partial charge is 0.191 e. The maximum atomic E-state index is 5.39. The molecule has 0 amide bonds. The Morgan fingerprint density at radius 1 is 1.43 bits per heavy atom. The first-order valence-electron chi connectivity index (χ1n) is 6.94. The molecule has 2 N–H and O–H groups in total. The molecule has 0 fully saturated rings. The molecule has 0 spiro atoms. The van der Waals surface area contributed by atoms with Crippen molar-refractivity contribution in [3.63, 3.8) is 0 Å². The van der Waals surface area contributed by atoms with Crippen LogP contribution >= 0.6 is 35.3 Å². The van der Waals surface area contributed by atoms with E-state index in [-0.39, 0.29) is 29.6 Å². The number of halogens is 1. The lowest BCUT2D eigenvalue weighted by molar-refractivity contribution is 0.0268. The van der Waals surface area contributed by atoms with Crippen LogP contribution in [-0.2, 0) is 11.2 Å². The average molecular weight is 425 g/mol. The fraction of sp³-hybridized carbons (Fsp3) is 0.667. The molecule has 0 bridgehead atoms. The third kappa shape index (κ3) is 8.01. The third-order valence-electron chi connectivity index (χ3n) is 3.14. The number of aryl methyl sites for hydroxylation is 1. The van der Waals surface area contributed by atoms with Gasteiger partial charge in [0.25, 0.3) is 0 Å². The first-order valence-corrected chi connectivity index (χ1v) is 7.75. The van der Waals surface area contributed by atoms with Crippen LogP contribution in [0.25, 0.3) is 0 Å². The highest BCUT2D eigenvalue weighted by atomic mass is 127. The molecule has 0 aliphatic carbocycles. The molecular weight excluding hydrogens is 397 g/mol. The Kier molecular flexibility index (Phi) is 9.48. The molecule has 0 aromatic carbocycles. The van der Waals surface area contributed by atoms with Crippen LogP contribution in [0.2, 0.25) is 0 Å². The van der Waals surface area contributed by atoms with Crippen LogP contribution in [0.5, 0.6) is 0 Å². The van der Waals surface area contributed by atoms with Gasteiger partial charge in [-0.05, 0) is 39.8 Å². The first kappa shape index (κ1) is 20.7. The number of ether oxygens (including phenoxy) is 1. The zero-order valence-corrected chi connectivity index (χ0v) is 17.0. The second kappa shape index (κ2) is 9.63. The number of thiophene rings is 1. The largest absolute Gasteiger partial charge is 0.377 e. The van der Waals surface area contributed by atoms with Crippen molar-refractivity contribution in [2.45, 2.75) is 45.8 Å². The molecule has 1 rings (SSSR count). The molecule has 1 heterocycles. The summed E-state index contributed by atoms with van der Waals surface area (Å²) in [4.78, 5) is 7.01. The van der Waals surface area contributed by atoms with Gasteiger partial charge in [0.15, 0.2) is 5.96 Å². The highest BCUT2D eigenvalue weighted by molar-refractivity contribution is 14.0. The summed E-state index contributed by atoms with van der Waals surface area (Å²) in [7, 11) is 3.51. The predicted octanol–water partition coefficient (Wildman–Crippen LogP) is 3.20. The Bertz CT molecular complexity index is 446. The van der Waals surface area contributed by atoms with Gasteiger partial charge in [0.2, 0.25) is 0 Å². The summed E-state index contributed by atoms with van der Waals surface area (Å²) >= 11 is 1.85. The van der Waals surface area contributed by atoms with Crippen LogP contribution in [0, 0.1) is 6.92 Å². The number of aliphatic imine (C=N–C) groups is 1. The molecule has 6 heteroatoms. The molecular formula is C15H28IN3OS. The topological polar surface area (TPSA) is 45.7 Å². The Hall–Kier alpha value is -0.340.